The smallest absolute Gasteiger partial charge is 0.341 e. The summed E-state index contributed by atoms with van der Waals surface area (Å²) in [6.07, 6.45) is 15.3. The van der Waals surface area contributed by atoms with Crippen LogP contribution in [0.4, 0.5) is 0 Å². The number of rotatable bonds is 15. The Hall–Kier alpha value is -1.84. The first-order valence-electron chi connectivity index (χ1n) is 10.6. The third kappa shape index (κ3) is 11.5. The third-order valence-corrected chi connectivity index (χ3v) is 4.59. The Bertz CT molecular complexity index is 539. The molecule has 0 aromatic heterocycles. The van der Waals surface area contributed by atoms with E-state index in [2.05, 4.69) is 6.92 Å². The summed E-state index contributed by atoms with van der Waals surface area (Å²) in [5, 5.41) is 0. The second-order valence-corrected chi connectivity index (χ2v) is 7.11. The Kier molecular flexibility index (Phi) is 13.1. The zero-order valence-electron chi connectivity index (χ0n) is 17.1. The molecule has 0 aliphatic rings. The molecule has 1 aromatic rings. The summed E-state index contributed by atoms with van der Waals surface area (Å²) in [5.41, 5.74) is 0.298. The fourth-order valence-corrected chi connectivity index (χ4v) is 3.06. The standard InChI is InChI=1S/C23H36O4/c1-3-4-5-6-7-8-9-10-11-12-13-16-19-26-23(25)21-17-14-15-18-22(21)27-20(2)24/h14-15,17-18H,3-13,16,19H2,1-2H3. The monoisotopic (exact) mass is 376 g/mol. The van der Waals surface area contributed by atoms with Crippen LogP contribution >= 0.6 is 0 Å². The summed E-state index contributed by atoms with van der Waals surface area (Å²) >= 11 is 0. The van der Waals surface area contributed by atoms with Gasteiger partial charge in [-0.05, 0) is 18.6 Å². The van der Waals surface area contributed by atoms with Crippen LogP contribution in [0, 0.1) is 0 Å². The van der Waals surface area contributed by atoms with Gasteiger partial charge in [-0.15, -0.1) is 0 Å². The van der Waals surface area contributed by atoms with Gasteiger partial charge in [-0.2, -0.15) is 0 Å². The molecular weight excluding hydrogens is 340 g/mol. The van der Waals surface area contributed by atoms with E-state index in [1.165, 1.54) is 71.1 Å². The van der Waals surface area contributed by atoms with Crippen LogP contribution in [-0.4, -0.2) is 18.5 Å². The van der Waals surface area contributed by atoms with Crippen LogP contribution in [0.2, 0.25) is 0 Å². The maximum Gasteiger partial charge on any atom is 0.341 e. The molecule has 0 aliphatic heterocycles. The lowest BCUT2D eigenvalue weighted by atomic mass is 10.1. The molecule has 0 bridgehead atoms. The number of hydrogen-bond acceptors (Lipinski definition) is 4. The Labute approximate surface area is 164 Å². The Balaban J connectivity index is 2.04. The van der Waals surface area contributed by atoms with Gasteiger partial charge in [0, 0.05) is 6.92 Å². The molecule has 0 heterocycles. The highest BCUT2D eigenvalue weighted by atomic mass is 16.5. The predicted molar refractivity (Wildman–Crippen MR) is 109 cm³/mol. The lowest BCUT2D eigenvalue weighted by molar-refractivity contribution is -0.131. The minimum atomic E-state index is -0.448. The van der Waals surface area contributed by atoms with Crippen molar-refractivity contribution in [2.45, 2.75) is 90.9 Å². The molecule has 4 nitrogen and oxygen atoms in total. The summed E-state index contributed by atoms with van der Waals surface area (Å²) in [4.78, 5) is 23.2. The van der Waals surface area contributed by atoms with E-state index in [4.69, 9.17) is 9.47 Å². The first-order chi connectivity index (χ1) is 13.1. The second kappa shape index (κ2) is 15.2. The third-order valence-electron chi connectivity index (χ3n) is 4.59. The van der Waals surface area contributed by atoms with Crippen molar-refractivity contribution in [1.82, 2.24) is 0 Å². The summed E-state index contributed by atoms with van der Waals surface area (Å²) in [6, 6.07) is 6.67. The van der Waals surface area contributed by atoms with Gasteiger partial charge in [0.2, 0.25) is 0 Å². The summed E-state index contributed by atoms with van der Waals surface area (Å²) in [6.45, 7) is 3.97. The van der Waals surface area contributed by atoms with Gasteiger partial charge in [0.05, 0.1) is 6.61 Å². The first-order valence-corrected chi connectivity index (χ1v) is 10.6. The minimum absolute atomic E-state index is 0.254. The van der Waals surface area contributed by atoms with Gasteiger partial charge >= 0.3 is 11.9 Å². The van der Waals surface area contributed by atoms with Crippen molar-refractivity contribution in [3.8, 4) is 5.75 Å². The van der Waals surface area contributed by atoms with Gasteiger partial charge in [-0.1, -0.05) is 89.7 Å². The van der Waals surface area contributed by atoms with Gasteiger partial charge in [-0.3, -0.25) is 4.79 Å². The highest BCUT2D eigenvalue weighted by Crippen LogP contribution is 2.19. The molecule has 152 valence electrons. The fourth-order valence-electron chi connectivity index (χ4n) is 3.06. The van der Waals surface area contributed by atoms with Crippen LogP contribution in [0.25, 0.3) is 0 Å². The number of unbranched alkanes of at least 4 members (excludes halogenated alkanes) is 11. The molecule has 1 rings (SSSR count). The number of benzene rings is 1. The van der Waals surface area contributed by atoms with E-state index in [1.54, 1.807) is 24.3 Å². The minimum Gasteiger partial charge on any atom is -0.462 e. The Morgan fingerprint density at radius 2 is 1.30 bits per heavy atom. The molecule has 27 heavy (non-hydrogen) atoms. The van der Waals surface area contributed by atoms with Crippen molar-refractivity contribution in [1.29, 1.82) is 0 Å². The number of carbonyl (C=O) groups is 2. The highest BCUT2D eigenvalue weighted by molar-refractivity contribution is 5.93. The van der Waals surface area contributed by atoms with E-state index in [9.17, 15) is 9.59 Å². The second-order valence-electron chi connectivity index (χ2n) is 7.11. The van der Waals surface area contributed by atoms with Crippen molar-refractivity contribution < 1.29 is 19.1 Å². The molecule has 0 aliphatic carbocycles. The van der Waals surface area contributed by atoms with Crippen LogP contribution in [-0.2, 0) is 9.53 Å². The Morgan fingerprint density at radius 3 is 1.85 bits per heavy atom. The zero-order valence-corrected chi connectivity index (χ0v) is 17.1. The van der Waals surface area contributed by atoms with Crippen LogP contribution in [0.3, 0.4) is 0 Å². The van der Waals surface area contributed by atoms with Gasteiger partial charge in [0.15, 0.2) is 0 Å². The van der Waals surface area contributed by atoms with E-state index in [0.29, 0.717) is 12.2 Å². The molecule has 0 spiro atoms. The summed E-state index contributed by atoms with van der Waals surface area (Å²) < 4.78 is 10.4. The maximum absolute atomic E-state index is 12.1. The van der Waals surface area contributed by atoms with Crippen molar-refractivity contribution >= 4 is 11.9 Å². The van der Waals surface area contributed by atoms with Gasteiger partial charge in [0.25, 0.3) is 0 Å². The Morgan fingerprint density at radius 1 is 0.778 bits per heavy atom. The number of ether oxygens (including phenoxy) is 2. The van der Waals surface area contributed by atoms with Gasteiger partial charge in [-0.25, -0.2) is 4.79 Å². The quantitative estimate of drug-likeness (QED) is 0.200. The van der Waals surface area contributed by atoms with Crippen molar-refractivity contribution in [2.75, 3.05) is 6.61 Å². The van der Waals surface area contributed by atoms with Crippen molar-refractivity contribution in [3.63, 3.8) is 0 Å². The van der Waals surface area contributed by atoms with Crippen molar-refractivity contribution in [2.24, 2.45) is 0 Å². The number of hydrogen-bond donors (Lipinski definition) is 0. The molecular formula is C23H36O4. The maximum atomic E-state index is 12.1. The van der Waals surface area contributed by atoms with Gasteiger partial charge in [0.1, 0.15) is 11.3 Å². The van der Waals surface area contributed by atoms with Crippen LogP contribution < -0.4 is 4.74 Å². The van der Waals surface area contributed by atoms with Crippen LogP contribution in [0.15, 0.2) is 24.3 Å². The van der Waals surface area contributed by atoms with E-state index in [1.807, 2.05) is 0 Å². The predicted octanol–water partition coefficient (Wildman–Crippen LogP) is 6.47. The van der Waals surface area contributed by atoms with Crippen molar-refractivity contribution in [3.05, 3.63) is 29.8 Å². The molecule has 0 amide bonds. The lowest BCUT2D eigenvalue weighted by Crippen LogP contribution is -2.11. The zero-order chi connectivity index (χ0) is 19.7. The molecule has 0 radical (unpaired) electrons. The molecule has 4 heteroatoms. The molecule has 0 N–H and O–H groups in total. The lowest BCUT2D eigenvalue weighted by Gasteiger charge is -2.09. The molecule has 0 saturated carbocycles. The number of para-hydroxylation sites is 1. The normalized spacial score (nSPS) is 10.6. The van der Waals surface area contributed by atoms with Crippen LogP contribution in [0.1, 0.15) is 101 Å². The van der Waals surface area contributed by atoms with E-state index in [-0.39, 0.29) is 5.75 Å². The van der Waals surface area contributed by atoms with E-state index in [0.717, 1.165) is 12.8 Å². The number of esters is 2. The first kappa shape index (κ1) is 23.2. The average molecular weight is 377 g/mol. The van der Waals surface area contributed by atoms with E-state index >= 15 is 0 Å². The SMILES string of the molecule is CCCCCCCCCCCCCCOC(=O)c1ccccc1OC(C)=O. The molecule has 0 saturated heterocycles. The largest absolute Gasteiger partial charge is 0.462 e. The summed E-state index contributed by atoms with van der Waals surface area (Å²) in [7, 11) is 0. The molecule has 0 atom stereocenters. The van der Waals surface area contributed by atoms with E-state index < -0.39 is 11.9 Å². The number of carbonyl (C=O) groups excluding carboxylic acids is 2. The topological polar surface area (TPSA) is 52.6 Å². The average Bonchev–Trinajstić information content (AvgIpc) is 2.65. The highest BCUT2D eigenvalue weighted by Gasteiger charge is 2.14. The summed E-state index contributed by atoms with van der Waals surface area (Å²) in [5.74, 6) is -0.629. The van der Waals surface area contributed by atoms with Gasteiger partial charge < -0.3 is 9.47 Å². The fraction of sp³-hybridized carbons (Fsp3) is 0.652. The van der Waals surface area contributed by atoms with Crippen LogP contribution in [0.5, 0.6) is 5.75 Å². The molecule has 0 unspecified atom stereocenters. The molecule has 1 aromatic carbocycles. The molecule has 0 fully saturated rings.